The van der Waals surface area contributed by atoms with E-state index in [0.29, 0.717) is 32.4 Å². The third kappa shape index (κ3) is 4.82. The van der Waals surface area contributed by atoms with Gasteiger partial charge in [-0.25, -0.2) is 4.98 Å². The van der Waals surface area contributed by atoms with E-state index in [-0.39, 0.29) is 12.0 Å². The van der Waals surface area contributed by atoms with Crippen molar-refractivity contribution >= 4 is 49.9 Å². The van der Waals surface area contributed by atoms with Crippen molar-refractivity contribution in [3.63, 3.8) is 0 Å². The summed E-state index contributed by atoms with van der Waals surface area (Å²) in [6.45, 7) is 7.69. The van der Waals surface area contributed by atoms with Crippen LogP contribution in [0.2, 0.25) is 5.02 Å². The molecule has 0 amide bonds. The first-order valence-corrected chi connectivity index (χ1v) is 12.8. The molecule has 9 heteroatoms. The maximum Gasteiger partial charge on any atom is 0.307 e. The minimum atomic E-state index is -0.944. The number of thiazole rings is 1. The maximum atomic E-state index is 13.3. The molecule has 0 bridgehead atoms. The van der Waals surface area contributed by atoms with Crippen LogP contribution in [0.3, 0.4) is 0 Å². The molecule has 3 aromatic heterocycles. The van der Waals surface area contributed by atoms with Gasteiger partial charge in [0.2, 0.25) is 0 Å². The van der Waals surface area contributed by atoms with Crippen LogP contribution in [0.25, 0.3) is 37.2 Å². The molecule has 37 heavy (non-hydrogen) atoms. The Hall–Kier alpha value is -3.75. The van der Waals surface area contributed by atoms with E-state index in [9.17, 15) is 14.7 Å². The first-order valence-electron chi connectivity index (χ1n) is 11.6. The van der Waals surface area contributed by atoms with E-state index in [0.717, 1.165) is 26.8 Å². The molecule has 0 aliphatic rings. The second kappa shape index (κ2) is 9.28. The smallest absolute Gasteiger partial charge is 0.307 e. The van der Waals surface area contributed by atoms with Gasteiger partial charge in [-0.2, -0.15) is 0 Å². The van der Waals surface area contributed by atoms with E-state index in [4.69, 9.17) is 21.3 Å². The van der Waals surface area contributed by atoms with Crippen molar-refractivity contribution in [2.75, 3.05) is 0 Å². The van der Waals surface area contributed by atoms with Gasteiger partial charge in [0.1, 0.15) is 11.4 Å². The normalized spacial score (nSPS) is 11.8. The average Bonchev–Trinajstić information content (AvgIpc) is 3.22. The number of hydrogen-bond donors (Lipinski definition) is 1. The van der Waals surface area contributed by atoms with Crippen LogP contribution in [0.15, 0.2) is 59.8 Å². The van der Waals surface area contributed by atoms with Crippen LogP contribution in [0.4, 0.5) is 0 Å². The number of carboxylic acid groups (broad SMARTS) is 1. The van der Waals surface area contributed by atoms with Gasteiger partial charge in [0.25, 0.3) is 5.56 Å². The van der Waals surface area contributed by atoms with Gasteiger partial charge < -0.3 is 9.84 Å². The molecule has 7 nitrogen and oxygen atoms in total. The molecule has 0 radical (unpaired) electrons. The molecule has 5 rings (SSSR count). The van der Waals surface area contributed by atoms with Crippen molar-refractivity contribution in [3.8, 4) is 22.0 Å². The largest absolute Gasteiger partial charge is 0.487 e. The lowest BCUT2D eigenvalue weighted by molar-refractivity contribution is -0.136. The molecule has 0 unspecified atom stereocenters. The summed E-state index contributed by atoms with van der Waals surface area (Å²) >= 11 is 7.66. The van der Waals surface area contributed by atoms with E-state index < -0.39 is 11.6 Å². The van der Waals surface area contributed by atoms with E-state index in [2.05, 4.69) is 4.98 Å². The number of ether oxygens (including phenoxy) is 1. The highest BCUT2D eigenvalue weighted by Crippen LogP contribution is 2.44. The topological polar surface area (TPSA) is 94.3 Å². The number of aromatic nitrogens is 3. The van der Waals surface area contributed by atoms with Crippen LogP contribution in [-0.4, -0.2) is 31.2 Å². The molecule has 1 N–H and O–H groups in total. The molecule has 2 aromatic carbocycles. The van der Waals surface area contributed by atoms with Gasteiger partial charge in [-0.15, -0.1) is 0 Å². The number of rotatable bonds is 5. The van der Waals surface area contributed by atoms with Gasteiger partial charge in [0.05, 0.1) is 22.0 Å². The number of hydrogen-bond acceptors (Lipinski definition) is 6. The lowest BCUT2D eigenvalue weighted by Crippen LogP contribution is -2.23. The molecular formula is C28H24ClN3O4S. The summed E-state index contributed by atoms with van der Waals surface area (Å²) in [4.78, 5) is 34.0. The quantitative estimate of drug-likeness (QED) is 0.280. The van der Waals surface area contributed by atoms with Gasteiger partial charge in [0, 0.05) is 40.1 Å². The second-order valence-electron chi connectivity index (χ2n) is 9.77. The number of aryl methyl sites for hydroxylation is 1. The van der Waals surface area contributed by atoms with Crippen molar-refractivity contribution in [1.29, 1.82) is 0 Å². The second-order valence-corrected chi connectivity index (χ2v) is 11.2. The molecule has 5 aromatic rings. The number of nitrogens with zero attached hydrogens (tertiary/aromatic N) is 3. The lowest BCUT2D eigenvalue weighted by Gasteiger charge is -2.24. The maximum absolute atomic E-state index is 13.3. The third-order valence-electron chi connectivity index (χ3n) is 5.87. The van der Waals surface area contributed by atoms with Crippen molar-refractivity contribution in [1.82, 2.24) is 14.5 Å². The Morgan fingerprint density at radius 1 is 1.19 bits per heavy atom. The van der Waals surface area contributed by atoms with Gasteiger partial charge >= 0.3 is 5.97 Å². The highest BCUT2D eigenvalue weighted by atomic mass is 35.5. The number of pyridine rings is 2. The third-order valence-corrected chi connectivity index (χ3v) is 7.19. The molecule has 3 heterocycles. The zero-order valence-corrected chi connectivity index (χ0v) is 22.3. The number of benzene rings is 2. The molecule has 0 saturated heterocycles. The fourth-order valence-corrected chi connectivity index (χ4v) is 5.62. The number of fused-ring (bicyclic) bond motifs is 2. The predicted molar refractivity (Wildman–Crippen MR) is 147 cm³/mol. The number of aliphatic carboxylic acids is 1. The SMILES string of the molecule is Cc1cc2nc(-n3ccc4cnccc4c3=O)sc2c(-c2ccc(Cl)cc2OC(C)(C)C)c1CC(=O)O. The molecule has 0 aliphatic carbocycles. The first-order chi connectivity index (χ1) is 17.5. The fourth-order valence-electron chi connectivity index (χ4n) is 4.34. The van der Waals surface area contributed by atoms with Crippen LogP contribution in [-0.2, 0) is 11.2 Å². The van der Waals surface area contributed by atoms with Crippen LogP contribution < -0.4 is 10.3 Å². The van der Waals surface area contributed by atoms with Crippen LogP contribution >= 0.6 is 22.9 Å². The van der Waals surface area contributed by atoms with Crippen LogP contribution in [0, 0.1) is 6.92 Å². The van der Waals surface area contributed by atoms with Crippen molar-refractivity contribution in [2.45, 2.75) is 39.7 Å². The summed E-state index contributed by atoms with van der Waals surface area (Å²) in [5, 5.41) is 12.0. The Labute approximate surface area is 222 Å². The Balaban J connectivity index is 1.82. The number of carbonyl (C=O) groups is 1. The molecular weight excluding hydrogens is 510 g/mol. The zero-order valence-electron chi connectivity index (χ0n) is 20.7. The van der Waals surface area contributed by atoms with Gasteiger partial charge in [-0.05, 0) is 75.2 Å². The monoisotopic (exact) mass is 533 g/mol. The zero-order chi connectivity index (χ0) is 26.5. The number of carboxylic acids is 1. The van der Waals surface area contributed by atoms with Crippen molar-refractivity contribution in [2.24, 2.45) is 0 Å². The summed E-state index contributed by atoms with van der Waals surface area (Å²) in [5.41, 5.74) is 2.84. The van der Waals surface area contributed by atoms with E-state index in [1.807, 2.05) is 45.9 Å². The minimum Gasteiger partial charge on any atom is -0.487 e. The highest BCUT2D eigenvalue weighted by Gasteiger charge is 2.24. The Morgan fingerprint density at radius 3 is 2.70 bits per heavy atom. The molecule has 0 fully saturated rings. The molecule has 0 spiro atoms. The molecule has 0 atom stereocenters. The summed E-state index contributed by atoms with van der Waals surface area (Å²) in [6, 6.07) is 10.7. The highest BCUT2D eigenvalue weighted by molar-refractivity contribution is 7.21. The van der Waals surface area contributed by atoms with Crippen LogP contribution in [0.1, 0.15) is 31.9 Å². The lowest BCUT2D eigenvalue weighted by atomic mass is 9.92. The van der Waals surface area contributed by atoms with Crippen LogP contribution in [0.5, 0.6) is 5.75 Å². The Morgan fingerprint density at radius 2 is 1.97 bits per heavy atom. The van der Waals surface area contributed by atoms with E-state index in [1.54, 1.807) is 36.8 Å². The predicted octanol–water partition coefficient (Wildman–Crippen LogP) is 6.43. The minimum absolute atomic E-state index is 0.176. The molecule has 0 aliphatic heterocycles. The summed E-state index contributed by atoms with van der Waals surface area (Å²) in [6.07, 6.45) is 4.75. The Kier molecular flexibility index (Phi) is 6.25. The van der Waals surface area contributed by atoms with E-state index >= 15 is 0 Å². The van der Waals surface area contributed by atoms with Gasteiger partial charge in [-0.1, -0.05) is 22.9 Å². The first kappa shape index (κ1) is 24.9. The fraction of sp³-hybridized carbons (Fsp3) is 0.214. The number of halogens is 1. The van der Waals surface area contributed by atoms with Gasteiger partial charge in [0.15, 0.2) is 5.13 Å². The molecule has 0 saturated carbocycles. The summed E-state index contributed by atoms with van der Waals surface area (Å²) in [7, 11) is 0. The van der Waals surface area contributed by atoms with E-state index in [1.165, 1.54) is 15.9 Å². The van der Waals surface area contributed by atoms with Crippen molar-refractivity contribution < 1.29 is 14.6 Å². The average molecular weight is 534 g/mol. The summed E-state index contributed by atoms with van der Waals surface area (Å²) < 4.78 is 8.54. The van der Waals surface area contributed by atoms with Gasteiger partial charge in [-0.3, -0.25) is 19.1 Å². The molecule has 188 valence electrons. The Bertz CT molecular complexity index is 1750. The standard InChI is InChI=1S/C28H24ClN3O4S/c1-15-11-21-25(37-27(31-21)32-10-8-16-14-30-9-7-18(16)26(32)35)24(20(15)13-23(33)34)19-6-5-17(29)12-22(19)36-28(2,3)4/h5-12,14H,13H2,1-4H3,(H,33,34). The summed E-state index contributed by atoms with van der Waals surface area (Å²) in [5.74, 6) is -0.399. The van der Waals surface area contributed by atoms with Crippen molar-refractivity contribution in [3.05, 3.63) is 81.5 Å².